The van der Waals surface area contributed by atoms with Crippen LogP contribution in [0.25, 0.3) is 0 Å². The van der Waals surface area contributed by atoms with Gasteiger partial charge in [-0.15, -0.1) is 0 Å². The minimum atomic E-state index is -4.57. The third kappa shape index (κ3) is 3.33. The summed E-state index contributed by atoms with van der Waals surface area (Å²) < 4.78 is 40.3. The van der Waals surface area contributed by atoms with E-state index < -0.39 is 18.2 Å². The zero-order chi connectivity index (χ0) is 17.3. The molecule has 5 unspecified atom stereocenters. The van der Waals surface area contributed by atoms with Crippen LogP contribution in [0.5, 0.6) is 0 Å². The second kappa shape index (κ2) is 7.04. The number of halogens is 3. The van der Waals surface area contributed by atoms with Gasteiger partial charge in [-0.05, 0) is 36.8 Å². The van der Waals surface area contributed by atoms with Crippen LogP contribution in [-0.2, 0) is 0 Å². The smallest absolute Gasteiger partial charge is 0.383 e. The van der Waals surface area contributed by atoms with E-state index in [1.165, 1.54) is 0 Å². The molecule has 0 radical (unpaired) electrons. The summed E-state index contributed by atoms with van der Waals surface area (Å²) in [4.78, 5) is 2.21. The summed E-state index contributed by atoms with van der Waals surface area (Å²) in [5, 5.41) is 10.2. The van der Waals surface area contributed by atoms with Gasteiger partial charge >= 0.3 is 6.18 Å². The summed E-state index contributed by atoms with van der Waals surface area (Å²) in [7, 11) is 0. The van der Waals surface area contributed by atoms with Gasteiger partial charge in [-0.3, -0.25) is 4.90 Å². The number of aliphatic hydroxyl groups excluding tert-OH is 1. The maximum Gasteiger partial charge on any atom is 0.414 e. The molecule has 0 saturated carbocycles. The molecule has 1 aromatic carbocycles. The number of benzene rings is 1. The van der Waals surface area contributed by atoms with Gasteiger partial charge in [0.25, 0.3) is 0 Å². The second-order valence-electron chi connectivity index (χ2n) is 7.23. The summed E-state index contributed by atoms with van der Waals surface area (Å²) in [5.41, 5.74) is 0.933. The summed E-state index contributed by atoms with van der Waals surface area (Å²) >= 11 is 0. The number of hydrogen-bond acceptors (Lipinski definition) is 2. The van der Waals surface area contributed by atoms with Crippen LogP contribution in [0.2, 0.25) is 0 Å². The van der Waals surface area contributed by atoms with E-state index in [1.54, 1.807) is 0 Å². The van der Waals surface area contributed by atoms with Gasteiger partial charge in [0.05, 0.1) is 0 Å². The largest absolute Gasteiger partial charge is 0.414 e. The molecule has 1 aromatic rings. The van der Waals surface area contributed by atoms with Crippen LogP contribution in [0, 0.1) is 11.8 Å². The highest BCUT2D eigenvalue weighted by molar-refractivity contribution is 5.24. The Labute approximate surface area is 141 Å². The molecule has 0 aliphatic carbocycles. The Morgan fingerprint density at radius 3 is 2.54 bits per heavy atom. The average molecular weight is 341 g/mol. The highest BCUT2D eigenvalue weighted by Gasteiger charge is 2.54. The van der Waals surface area contributed by atoms with Crippen LogP contribution >= 0.6 is 0 Å². The highest BCUT2D eigenvalue weighted by atomic mass is 19.4. The molecular formula is C19H26F3NO. The predicted molar refractivity (Wildman–Crippen MR) is 87.7 cm³/mol. The van der Waals surface area contributed by atoms with Crippen molar-refractivity contribution < 1.29 is 18.3 Å². The van der Waals surface area contributed by atoms with Crippen LogP contribution < -0.4 is 0 Å². The van der Waals surface area contributed by atoms with E-state index in [1.807, 2.05) is 37.3 Å². The Bertz CT molecular complexity index is 533. The van der Waals surface area contributed by atoms with Gasteiger partial charge in [-0.2, -0.15) is 13.2 Å². The zero-order valence-corrected chi connectivity index (χ0v) is 14.0. The van der Waals surface area contributed by atoms with Crippen molar-refractivity contribution in [2.75, 3.05) is 13.1 Å². The number of rotatable bonds is 3. The summed E-state index contributed by atoms with van der Waals surface area (Å²) in [6.45, 7) is 3.73. The van der Waals surface area contributed by atoms with Crippen molar-refractivity contribution in [2.45, 2.75) is 56.8 Å². The number of piperidine rings is 2. The van der Waals surface area contributed by atoms with Crippen LogP contribution in [0.15, 0.2) is 30.3 Å². The van der Waals surface area contributed by atoms with Crippen molar-refractivity contribution in [1.82, 2.24) is 4.90 Å². The standard InChI is InChI=1S/C19H26F3NO/c1-2-13-12-23-11-7-6-10-15(23)17(18(24)19(20,21)22)16(13)14-8-4-3-5-9-14/h3-5,8-9,13,15-18,24H,2,6-7,10-12H2,1H3. The van der Waals surface area contributed by atoms with Gasteiger partial charge in [0.1, 0.15) is 0 Å². The van der Waals surface area contributed by atoms with E-state index in [-0.39, 0.29) is 17.9 Å². The van der Waals surface area contributed by atoms with Crippen molar-refractivity contribution in [3.63, 3.8) is 0 Å². The van der Waals surface area contributed by atoms with Crippen LogP contribution in [0.1, 0.15) is 44.1 Å². The molecule has 3 rings (SSSR count). The monoisotopic (exact) mass is 341 g/mol. The fourth-order valence-electron chi connectivity index (χ4n) is 4.83. The molecule has 2 aliphatic rings. The molecule has 24 heavy (non-hydrogen) atoms. The number of nitrogens with zero attached hydrogens (tertiary/aromatic N) is 1. The van der Waals surface area contributed by atoms with Gasteiger partial charge in [-0.25, -0.2) is 0 Å². The van der Waals surface area contributed by atoms with E-state index in [9.17, 15) is 18.3 Å². The average Bonchev–Trinajstić information content (AvgIpc) is 2.59. The van der Waals surface area contributed by atoms with E-state index in [2.05, 4.69) is 4.90 Å². The lowest BCUT2D eigenvalue weighted by Crippen LogP contribution is -2.59. The van der Waals surface area contributed by atoms with Crippen molar-refractivity contribution in [2.24, 2.45) is 11.8 Å². The molecule has 0 aromatic heterocycles. The Morgan fingerprint density at radius 1 is 1.21 bits per heavy atom. The Hall–Kier alpha value is -1.07. The Morgan fingerprint density at radius 2 is 1.92 bits per heavy atom. The van der Waals surface area contributed by atoms with Gasteiger partial charge < -0.3 is 5.11 Å². The lowest BCUT2D eigenvalue weighted by atomic mass is 9.65. The van der Waals surface area contributed by atoms with Gasteiger partial charge in [0, 0.05) is 18.5 Å². The van der Waals surface area contributed by atoms with Crippen LogP contribution in [-0.4, -0.2) is 41.4 Å². The topological polar surface area (TPSA) is 23.5 Å². The molecule has 1 N–H and O–H groups in total. The SMILES string of the molecule is CCC1CN2CCCCC2C(C(O)C(F)(F)F)C1c1ccccc1. The quantitative estimate of drug-likeness (QED) is 0.890. The van der Waals surface area contributed by atoms with E-state index in [4.69, 9.17) is 0 Å². The Balaban J connectivity index is 2.03. The fraction of sp³-hybridized carbons (Fsp3) is 0.684. The minimum Gasteiger partial charge on any atom is -0.383 e. The maximum absolute atomic E-state index is 13.4. The minimum absolute atomic E-state index is 0.142. The number of aliphatic hydroxyl groups is 1. The van der Waals surface area contributed by atoms with E-state index >= 15 is 0 Å². The van der Waals surface area contributed by atoms with Crippen molar-refractivity contribution >= 4 is 0 Å². The van der Waals surface area contributed by atoms with Gasteiger partial charge in [0.15, 0.2) is 6.10 Å². The molecule has 2 saturated heterocycles. The van der Waals surface area contributed by atoms with Gasteiger partial charge in [-0.1, -0.05) is 50.1 Å². The molecule has 2 heterocycles. The third-order valence-corrected chi connectivity index (χ3v) is 5.91. The Kier molecular flexibility index (Phi) is 5.21. The molecule has 5 atom stereocenters. The third-order valence-electron chi connectivity index (χ3n) is 5.91. The van der Waals surface area contributed by atoms with Gasteiger partial charge in [0.2, 0.25) is 0 Å². The highest BCUT2D eigenvalue weighted by Crippen LogP contribution is 2.48. The number of alkyl halides is 3. The molecule has 5 heteroatoms. The van der Waals surface area contributed by atoms with Crippen molar-refractivity contribution in [3.05, 3.63) is 35.9 Å². The molecule has 0 spiro atoms. The number of hydrogen-bond donors (Lipinski definition) is 1. The summed E-state index contributed by atoms with van der Waals surface area (Å²) in [5.74, 6) is -0.887. The van der Waals surface area contributed by atoms with E-state index in [0.717, 1.165) is 44.3 Å². The molecule has 0 amide bonds. The first-order chi connectivity index (χ1) is 11.4. The van der Waals surface area contributed by atoms with E-state index in [0.29, 0.717) is 0 Å². The van der Waals surface area contributed by atoms with Crippen LogP contribution in [0.4, 0.5) is 13.2 Å². The second-order valence-corrected chi connectivity index (χ2v) is 7.23. The fourth-order valence-corrected chi connectivity index (χ4v) is 4.83. The molecule has 0 bridgehead atoms. The normalized spacial score (nSPS) is 33.0. The van der Waals surface area contributed by atoms with Crippen LogP contribution in [0.3, 0.4) is 0 Å². The number of fused-ring (bicyclic) bond motifs is 1. The first-order valence-electron chi connectivity index (χ1n) is 8.97. The molecule has 134 valence electrons. The van der Waals surface area contributed by atoms with Crippen molar-refractivity contribution in [3.8, 4) is 0 Å². The zero-order valence-electron chi connectivity index (χ0n) is 14.0. The molecule has 2 nitrogen and oxygen atoms in total. The maximum atomic E-state index is 13.4. The molecule has 2 aliphatic heterocycles. The molecular weight excluding hydrogens is 315 g/mol. The first-order valence-corrected chi connectivity index (χ1v) is 8.97. The first kappa shape index (κ1) is 17.7. The van der Waals surface area contributed by atoms with Crippen molar-refractivity contribution in [1.29, 1.82) is 0 Å². The summed E-state index contributed by atoms with van der Waals surface area (Å²) in [6, 6.07) is 9.31. The summed E-state index contributed by atoms with van der Waals surface area (Å²) in [6.07, 6.45) is -3.28. The predicted octanol–water partition coefficient (Wildman–Crippen LogP) is 4.20. The lowest BCUT2D eigenvalue weighted by molar-refractivity contribution is -0.236. The lowest BCUT2D eigenvalue weighted by Gasteiger charge is -2.53. The molecule has 2 fully saturated rings.